The lowest BCUT2D eigenvalue weighted by Crippen LogP contribution is -2.23. The SMILES string of the molecule is Cc1ccc(NC(=O)c2csc(CN(Cc3cccc(C(F)(F)F)c3)Cc3ccccc3F)n2)cc1C. The zero-order valence-electron chi connectivity index (χ0n) is 20.3. The topological polar surface area (TPSA) is 45.2 Å². The third-order valence-corrected chi connectivity index (χ3v) is 6.75. The smallest absolute Gasteiger partial charge is 0.321 e. The second kappa shape index (κ2) is 11.2. The van der Waals surface area contributed by atoms with Gasteiger partial charge in [-0.2, -0.15) is 13.2 Å². The van der Waals surface area contributed by atoms with Crippen LogP contribution in [0.15, 0.2) is 72.1 Å². The van der Waals surface area contributed by atoms with Gasteiger partial charge in [0.25, 0.3) is 5.91 Å². The monoisotopic (exact) mass is 527 g/mol. The van der Waals surface area contributed by atoms with Crippen LogP contribution in [0.3, 0.4) is 0 Å². The Balaban J connectivity index is 1.53. The zero-order chi connectivity index (χ0) is 26.6. The van der Waals surface area contributed by atoms with Crippen molar-refractivity contribution in [3.63, 3.8) is 0 Å². The number of nitrogens with zero attached hydrogens (tertiary/aromatic N) is 2. The zero-order valence-corrected chi connectivity index (χ0v) is 21.1. The van der Waals surface area contributed by atoms with Crippen molar-refractivity contribution in [2.75, 3.05) is 5.32 Å². The molecule has 0 unspecified atom stereocenters. The summed E-state index contributed by atoms with van der Waals surface area (Å²) >= 11 is 1.27. The fourth-order valence-corrected chi connectivity index (χ4v) is 4.65. The van der Waals surface area contributed by atoms with E-state index in [2.05, 4.69) is 10.3 Å². The van der Waals surface area contributed by atoms with E-state index >= 15 is 0 Å². The molecule has 4 aromatic rings. The second-order valence-electron chi connectivity index (χ2n) is 8.81. The van der Waals surface area contributed by atoms with Crippen LogP contribution in [0.25, 0.3) is 0 Å². The first-order chi connectivity index (χ1) is 17.6. The molecular formula is C28H25F4N3OS. The molecule has 0 aliphatic heterocycles. The van der Waals surface area contributed by atoms with E-state index in [1.165, 1.54) is 23.5 Å². The molecule has 1 amide bonds. The molecule has 1 heterocycles. The number of alkyl halides is 3. The first-order valence-electron chi connectivity index (χ1n) is 11.5. The minimum atomic E-state index is -4.46. The van der Waals surface area contributed by atoms with E-state index in [9.17, 15) is 22.4 Å². The average molecular weight is 528 g/mol. The first-order valence-corrected chi connectivity index (χ1v) is 12.4. The molecule has 0 fully saturated rings. The maximum absolute atomic E-state index is 14.4. The highest BCUT2D eigenvalue weighted by Gasteiger charge is 2.30. The second-order valence-corrected chi connectivity index (χ2v) is 9.76. The highest BCUT2D eigenvalue weighted by atomic mass is 32.1. The summed E-state index contributed by atoms with van der Waals surface area (Å²) in [5.74, 6) is -0.756. The van der Waals surface area contributed by atoms with Gasteiger partial charge >= 0.3 is 6.18 Å². The van der Waals surface area contributed by atoms with Gasteiger partial charge in [0.05, 0.1) is 12.1 Å². The number of carbonyl (C=O) groups excluding carboxylic acids is 1. The Hall–Kier alpha value is -3.56. The van der Waals surface area contributed by atoms with E-state index in [1.807, 2.05) is 32.0 Å². The number of aromatic nitrogens is 1. The van der Waals surface area contributed by atoms with E-state index in [0.29, 0.717) is 21.8 Å². The van der Waals surface area contributed by atoms with Crippen LogP contribution in [0, 0.1) is 19.7 Å². The highest BCUT2D eigenvalue weighted by Crippen LogP contribution is 2.30. The largest absolute Gasteiger partial charge is 0.416 e. The summed E-state index contributed by atoms with van der Waals surface area (Å²) in [4.78, 5) is 19.0. The van der Waals surface area contributed by atoms with Crippen LogP contribution >= 0.6 is 11.3 Å². The number of amides is 1. The van der Waals surface area contributed by atoms with Gasteiger partial charge in [0, 0.05) is 29.7 Å². The number of thiazole rings is 1. The Bertz CT molecular complexity index is 1400. The number of aryl methyl sites for hydroxylation is 2. The van der Waals surface area contributed by atoms with Gasteiger partial charge in [0.2, 0.25) is 0 Å². The van der Waals surface area contributed by atoms with Crippen molar-refractivity contribution in [3.8, 4) is 0 Å². The van der Waals surface area contributed by atoms with Crippen molar-refractivity contribution in [2.45, 2.75) is 39.7 Å². The third kappa shape index (κ3) is 7.02. The standard InChI is InChI=1S/C28H25F4N3OS/c1-18-10-11-23(12-19(18)2)33-27(36)25-17-37-26(34-25)16-35(15-21-7-3-4-9-24(21)29)14-20-6-5-8-22(13-20)28(30,31)32/h3-13,17H,14-16H2,1-2H3,(H,33,36). The lowest BCUT2D eigenvalue weighted by Gasteiger charge is -2.22. The van der Waals surface area contributed by atoms with Gasteiger partial charge in [-0.15, -0.1) is 11.3 Å². The molecule has 4 nitrogen and oxygen atoms in total. The number of hydrogen-bond acceptors (Lipinski definition) is 4. The molecular weight excluding hydrogens is 502 g/mol. The highest BCUT2D eigenvalue weighted by molar-refractivity contribution is 7.09. The molecule has 1 N–H and O–H groups in total. The predicted molar refractivity (Wildman–Crippen MR) is 137 cm³/mol. The molecule has 0 atom stereocenters. The lowest BCUT2D eigenvalue weighted by molar-refractivity contribution is -0.137. The average Bonchev–Trinajstić information content (AvgIpc) is 3.31. The van der Waals surface area contributed by atoms with E-state index < -0.39 is 17.6 Å². The van der Waals surface area contributed by atoms with Crippen LogP contribution in [0.4, 0.5) is 23.2 Å². The Kier molecular flexibility index (Phi) is 8.04. The minimum absolute atomic E-state index is 0.141. The van der Waals surface area contributed by atoms with E-state index in [0.717, 1.165) is 23.3 Å². The number of benzene rings is 3. The fourth-order valence-electron chi connectivity index (χ4n) is 3.83. The molecule has 0 bridgehead atoms. The van der Waals surface area contributed by atoms with Gasteiger partial charge in [-0.1, -0.05) is 42.5 Å². The van der Waals surface area contributed by atoms with Gasteiger partial charge in [0.1, 0.15) is 16.5 Å². The molecule has 0 aliphatic carbocycles. The minimum Gasteiger partial charge on any atom is -0.321 e. The van der Waals surface area contributed by atoms with Gasteiger partial charge in [0.15, 0.2) is 0 Å². The Morgan fingerprint density at radius 2 is 1.73 bits per heavy atom. The summed E-state index contributed by atoms with van der Waals surface area (Å²) in [5.41, 5.74) is 3.18. The van der Waals surface area contributed by atoms with Gasteiger partial charge in [-0.3, -0.25) is 9.69 Å². The molecule has 37 heavy (non-hydrogen) atoms. The van der Waals surface area contributed by atoms with Crippen LogP contribution in [0.5, 0.6) is 0 Å². The molecule has 0 saturated carbocycles. The molecule has 4 rings (SSSR count). The normalized spacial score (nSPS) is 11.6. The maximum Gasteiger partial charge on any atom is 0.416 e. The predicted octanol–water partition coefficient (Wildman–Crippen LogP) is 7.37. The Morgan fingerprint density at radius 3 is 2.46 bits per heavy atom. The number of halogens is 4. The van der Waals surface area contributed by atoms with Crippen molar-refractivity contribution in [2.24, 2.45) is 0 Å². The lowest BCUT2D eigenvalue weighted by atomic mass is 10.1. The Morgan fingerprint density at radius 1 is 0.946 bits per heavy atom. The summed E-state index contributed by atoms with van der Waals surface area (Å²) in [6.07, 6.45) is -4.46. The van der Waals surface area contributed by atoms with Crippen molar-refractivity contribution in [3.05, 3.63) is 116 Å². The summed E-state index contributed by atoms with van der Waals surface area (Å²) in [7, 11) is 0. The quantitative estimate of drug-likeness (QED) is 0.243. The maximum atomic E-state index is 14.4. The van der Waals surface area contributed by atoms with Crippen LogP contribution in [-0.4, -0.2) is 15.8 Å². The van der Waals surface area contributed by atoms with Crippen LogP contribution in [-0.2, 0) is 25.8 Å². The molecule has 3 aromatic carbocycles. The molecule has 0 aliphatic rings. The van der Waals surface area contributed by atoms with E-state index in [-0.39, 0.29) is 31.2 Å². The Labute approximate surface area is 216 Å². The van der Waals surface area contributed by atoms with Crippen LogP contribution in [0.1, 0.15) is 43.3 Å². The fraction of sp³-hybridized carbons (Fsp3) is 0.214. The van der Waals surface area contributed by atoms with Crippen LogP contribution < -0.4 is 5.32 Å². The molecule has 0 radical (unpaired) electrons. The van der Waals surface area contributed by atoms with Crippen molar-refractivity contribution in [1.29, 1.82) is 0 Å². The summed E-state index contributed by atoms with van der Waals surface area (Å²) in [6, 6.07) is 17.0. The van der Waals surface area contributed by atoms with E-state index in [1.54, 1.807) is 34.5 Å². The summed E-state index contributed by atoms with van der Waals surface area (Å²) < 4.78 is 54.0. The first kappa shape index (κ1) is 26.5. The third-order valence-electron chi connectivity index (χ3n) is 5.92. The van der Waals surface area contributed by atoms with Gasteiger partial charge < -0.3 is 5.32 Å². The van der Waals surface area contributed by atoms with E-state index in [4.69, 9.17) is 0 Å². The summed E-state index contributed by atoms with van der Waals surface area (Å²) in [6.45, 7) is 4.47. The van der Waals surface area contributed by atoms with Crippen molar-refractivity contribution < 1.29 is 22.4 Å². The molecule has 1 aromatic heterocycles. The number of carbonyl (C=O) groups is 1. The van der Waals surface area contributed by atoms with Gasteiger partial charge in [-0.05, 0) is 54.8 Å². The number of anilines is 1. The van der Waals surface area contributed by atoms with Crippen molar-refractivity contribution >= 4 is 22.9 Å². The summed E-state index contributed by atoms with van der Waals surface area (Å²) in [5, 5.41) is 5.06. The molecule has 192 valence electrons. The molecule has 0 saturated heterocycles. The van der Waals surface area contributed by atoms with Crippen LogP contribution in [0.2, 0.25) is 0 Å². The molecule has 0 spiro atoms. The van der Waals surface area contributed by atoms with Gasteiger partial charge in [-0.25, -0.2) is 9.37 Å². The number of hydrogen-bond donors (Lipinski definition) is 1. The van der Waals surface area contributed by atoms with Crippen molar-refractivity contribution in [1.82, 2.24) is 9.88 Å². The molecule has 9 heteroatoms. The number of rotatable bonds is 8. The number of nitrogens with one attached hydrogen (secondary N) is 1.